The monoisotopic (exact) mass is 302 g/mol. The number of hydrogen-bond acceptors (Lipinski definition) is 4. The van der Waals surface area contributed by atoms with E-state index in [2.05, 4.69) is 4.98 Å². The van der Waals surface area contributed by atoms with Gasteiger partial charge in [0, 0.05) is 6.07 Å². The molecule has 0 unspecified atom stereocenters. The lowest BCUT2D eigenvalue weighted by molar-refractivity contribution is -0.603. The van der Waals surface area contributed by atoms with E-state index < -0.39 is 0 Å². The molecule has 19 heavy (non-hydrogen) atoms. The standard InChI is InChI=1S/C6H6ClNO2.C6H6ClNO/c1-10-5-2-3-6(7)8(9)4-5;1-9-5-2-3-6(7)8-4-5/h2-4H,1H3;2-4H,1H3. The van der Waals surface area contributed by atoms with E-state index in [1.54, 1.807) is 31.5 Å². The zero-order chi connectivity index (χ0) is 14.3. The molecule has 0 radical (unpaired) electrons. The van der Waals surface area contributed by atoms with Crippen molar-refractivity contribution in [3.05, 3.63) is 52.2 Å². The predicted molar refractivity (Wildman–Crippen MR) is 72.8 cm³/mol. The van der Waals surface area contributed by atoms with Crippen molar-refractivity contribution >= 4 is 23.2 Å². The number of aromatic nitrogens is 2. The zero-order valence-corrected chi connectivity index (χ0v) is 11.9. The molecule has 0 aromatic carbocycles. The first-order chi connectivity index (χ1) is 9.06. The summed E-state index contributed by atoms with van der Waals surface area (Å²) in [4.78, 5) is 3.79. The number of ether oxygens (including phenoxy) is 2. The van der Waals surface area contributed by atoms with Gasteiger partial charge < -0.3 is 14.7 Å². The van der Waals surface area contributed by atoms with Crippen LogP contribution in [-0.2, 0) is 0 Å². The van der Waals surface area contributed by atoms with Gasteiger partial charge in [0.1, 0.15) is 10.9 Å². The number of pyridine rings is 2. The second-order valence-electron chi connectivity index (χ2n) is 3.24. The average Bonchev–Trinajstić information content (AvgIpc) is 2.43. The van der Waals surface area contributed by atoms with Crippen molar-refractivity contribution in [2.45, 2.75) is 0 Å². The lowest BCUT2D eigenvalue weighted by Crippen LogP contribution is -2.26. The molecule has 0 aliphatic heterocycles. The first-order valence-corrected chi connectivity index (χ1v) is 5.90. The van der Waals surface area contributed by atoms with Crippen LogP contribution in [0, 0.1) is 5.21 Å². The first kappa shape index (κ1) is 15.3. The topological polar surface area (TPSA) is 58.3 Å². The number of hydrogen-bond donors (Lipinski definition) is 0. The molecule has 0 spiro atoms. The Kier molecular flexibility index (Phi) is 6.18. The van der Waals surface area contributed by atoms with E-state index in [4.69, 9.17) is 32.7 Å². The molecule has 0 aliphatic carbocycles. The number of halogens is 2. The largest absolute Gasteiger partial charge is 0.618 e. The van der Waals surface area contributed by atoms with Crippen LogP contribution in [0.25, 0.3) is 0 Å². The SMILES string of the molecule is COc1ccc(Cl)[n+]([O-])c1.COc1ccc(Cl)nc1. The summed E-state index contributed by atoms with van der Waals surface area (Å²) in [6.07, 6.45) is 2.84. The van der Waals surface area contributed by atoms with Gasteiger partial charge in [0.25, 0.3) is 5.15 Å². The highest BCUT2D eigenvalue weighted by Crippen LogP contribution is 2.10. The van der Waals surface area contributed by atoms with E-state index in [0.717, 1.165) is 5.75 Å². The second kappa shape index (κ2) is 7.66. The summed E-state index contributed by atoms with van der Waals surface area (Å²) in [6.45, 7) is 0. The summed E-state index contributed by atoms with van der Waals surface area (Å²) in [6, 6.07) is 6.54. The molecule has 2 aromatic rings. The lowest BCUT2D eigenvalue weighted by Gasteiger charge is -1.99. The number of rotatable bonds is 2. The van der Waals surface area contributed by atoms with Crippen molar-refractivity contribution in [2.24, 2.45) is 0 Å². The molecule has 0 aliphatic rings. The normalized spacial score (nSPS) is 9.26. The van der Waals surface area contributed by atoms with Gasteiger partial charge in [-0.2, -0.15) is 4.73 Å². The lowest BCUT2D eigenvalue weighted by atomic mass is 10.5. The van der Waals surface area contributed by atoms with Gasteiger partial charge >= 0.3 is 0 Å². The Bertz CT molecular complexity index is 521. The Morgan fingerprint density at radius 3 is 2.16 bits per heavy atom. The maximum atomic E-state index is 10.7. The quantitative estimate of drug-likeness (QED) is 0.486. The van der Waals surface area contributed by atoms with E-state index in [1.165, 1.54) is 19.4 Å². The molecule has 2 heterocycles. The van der Waals surface area contributed by atoms with Gasteiger partial charge in [-0.25, -0.2) is 4.98 Å². The van der Waals surface area contributed by atoms with Crippen LogP contribution >= 0.6 is 23.2 Å². The molecular weight excluding hydrogens is 291 g/mol. The van der Waals surface area contributed by atoms with Crippen molar-refractivity contribution in [3.8, 4) is 11.5 Å². The summed E-state index contributed by atoms with van der Waals surface area (Å²) in [7, 11) is 3.08. The van der Waals surface area contributed by atoms with Crippen molar-refractivity contribution in [1.82, 2.24) is 4.98 Å². The molecule has 0 N–H and O–H groups in total. The van der Waals surface area contributed by atoms with Crippen molar-refractivity contribution in [3.63, 3.8) is 0 Å². The van der Waals surface area contributed by atoms with Gasteiger partial charge in [-0.3, -0.25) is 0 Å². The molecule has 7 heteroatoms. The van der Waals surface area contributed by atoms with E-state index in [-0.39, 0.29) is 5.15 Å². The molecule has 0 saturated heterocycles. The van der Waals surface area contributed by atoms with Crippen LogP contribution in [0.5, 0.6) is 11.5 Å². The Hall–Kier alpha value is -1.72. The summed E-state index contributed by atoms with van der Waals surface area (Å²) >= 11 is 10.9. The Morgan fingerprint density at radius 1 is 1.05 bits per heavy atom. The highest BCUT2D eigenvalue weighted by molar-refractivity contribution is 6.29. The van der Waals surface area contributed by atoms with Crippen LogP contribution in [-0.4, -0.2) is 19.2 Å². The molecule has 0 saturated carbocycles. The molecule has 0 bridgehead atoms. The maximum Gasteiger partial charge on any atom is 0.286 e. The summed E-state index contributed by atoms with van der Waals surface area (Å²) in [5.74, 6) is 1.22. The molecule has 0 fully saturated rings. The number of nitrogens with zero attached hydrogens (tertiary/aromatic N) is 2. The van der Waals surface area contributed by atoms with Crippen LogP contribution in [0.4, 0.5) is 0 Å². The smallest absolute Gasteiger partial charge is 0.286 e. The fraction of sp³-hybridized carbons (Fsp3) is 0.167. The first-order valence-electron chi connectivity index (χ1n) is 5.15. The molecular formula is C12H12Cl2N2O3. The molecule has 2 aromatic heterocycles. The van der Waals surface area contributed by atoms with Gasteiger partial charge in [0.05, 0.1) is 20.4 Å². The minimum Gasteiger partial charge on any atom is -0.618 e. The predicted octanol–water partition coefficient (Wildman–Crippen LogP) is 2.73. The van der Waals surface area contributed by atoms with Crippen molar-refractivity contribution in [1.29, 1.82) is 0 Å². The van der Waals surface area contributed by atoms with Crippen LogP contribution < -0.4 is 14.2 Å². The molecule has 0 atom stereocenters. The maximum absolute atomic E-state index is 10.7. The summed E-state index contributed by atoms with van der Waals surface area (Å²) in [5, 5.41) is 11.3. The van der Waals surface area contributed by atoms with Crippen molar-refractivity contribution in [2.75, 3.05) is 14.2 Å². The third kappa shape index (κ3) is 5.19. The van der Waals surface area contributed by atoms with Crippen LogP contribution in [0.2, 0.25) is 10.3 Å². The van der Waals surface area contributed by atoms with E-state index in [0.29, 0.717) is 15.6 Å². The van der Waals surface area contributed by atoms with E-state index in [9.17, 15) is 5.21 Å². The van der Waals surface area contributed by atoms with Gasteiger partial charge in [-0.05, 0) is 29.8 Å². The Labute approximate surface area is 120 Å². The summed E-state index contributed by atoms with van der Waals surface area (Å²) < 4.78 is 10.2. The molecule has 102 valence electrons. The summed E-state index contributed by atoms with van der Waals surface area (Å²) in [5.41, 5.74) is 0. The minimum absolute atomic E-state index is 0.140. The third-order valence-corrected chi connectivity index (χ3v) is 2.53. The van der Waals surface area contributed by atoms with Gasteiger partial charge in [0.15, 0.2) is 5.75 Å². The Morgan fingerprint density at radius 2 is 1.68 bits per heavy atom. The molecule has 5 nitrogen and oxygen atoms in total. The molecule has 2 rings (SSSR count). The zero-order valence-electron chi connectivity index (χ0n) is 10.3. The van der Waals surface area contributed by atoms with Gasteiger partial charge in [-0.1, -0.05) is 11.6 Å². The number of methoxy groups -OCH3 is 2. The van der Waals surface area contributed by atoms with Crippen molar-refractivity contribution < 1.29 is 14.2 Å². The van der Waals surface area contributed by atoms with E-state index >= 15 is 0 Å². The fourth-order valence-corrected chi connectivity index (χ4v) is 1.27. The Balaban J connectivity index is 0.000000191. The highest BCUT2D eigenvalue weighted by atomic mass is 35.5. The minimum atomic E-state index is 0.140. The van der Waals surface area contributed by atoms with Crippen LogP contribution in [0.15, 0.2) is 36.7 Å². The fourth-order valence-electron chi connectivity index (χ4n) is 1.05. The second-order valence-corrected chi connectivity index (χ2v) is 4.01. The average molecular weight is 303 g/mol. The van der Waals surface area contributed by atoms with Gasteiger partial charge in [-0.15, -0.1) is 0 Å². The molecule has 0 amide bonds. The van der Waals surface area contributed by atoms with Crippen LogP contribution in [0.3, 0.4) is 0 Å². The third-order valence-electron chi connectivity index (χ3n) is 2.01. The van der Waals surface area contributed by atoms with E-state index in [1.807, 2.05) is 0 Å². The van der Waals surface area contributed by atoms with Gasteiger partial charge in [0.2, 0.25) is 6.20 Å². The highest BCUT2D eigenvalue weighted by Gasteiger charge is 2.01. The van der Waals surface area contributed by atoms with Crippen LogP contribution in [0.1, 0.15) is 0 Å².